The number of carbonyl (C=O) groups is 1. The molecule has 0 heterocycles. The second kappa shape index (κ2) is 7.60. The minimum atomic E-state index is -2.96. The third-order valence-electron chi connectivity index (χ3n) is 3.61. The van der Waals surface area contributed by atoms with Crippen LogP contribution in [0.3, 0.4) is 0 Å². The molecule has 0 spiro atoms. The van der Waals surface area contributed by atoms with E-state index in [2.05, 4.69) is 15.3 Å². The van der Waals surface area contributed by atoms with Crippen LogP contribution in [-0.4, -0.2) is 23.8 Å². The molecule has 0 atom stereocenters. The van der Waals surface area contributed by atoms with Crippen molar-refractivity contribution in [2.24, 2.45) is 5.10 Å². The van der Waals surface area contributed by atoms with E-state index in [1.54, 1.807) is 18.2 Å². The number of hydrazone groups is 1. The number of rotatable bonds is 5. The topological polar surface area (TPSA) is 70.9 Å². The molecule has 0 aliphatic heterocycles. The number of hydrogen-bond donors (Lipinski definition) is 2. The maximum atomic E-state index is 12.4. The van der Waals surface area contributed by atoms with Gasteiger partial charge < -0.3 is 9.84 Å². The van der Waals surface area contributed by atoms with Gasteiger partial charge in [0, 0.05) is 5.56 Å². The van der Waals surface area contributed by atoms with Crippen molar-refractivity contribution in [3.05, 3.63) is 71.8 Å². The van der Waals surface area contributed by atoms with Crippen LogP contribution in [-0.2, 0) is 0 Å². The number of phenolic OH excluding ortho intramolecular Hbond substituents is 1. The maximum absolute atomic E-state index is 12.4. The Morgan fingerprint density at radius 2 is 1.73 bits per heavy atom. The van der Waals surface area contributed by atoms with Gasteiger partial charge in [0.25, 0.3) is 5.91 Å². The molecule has 7 heteroatoms. The first kappa shape index (κ1) is 17.3. The maximum Gasteiger partial charge on any atom is 0.387 e. The number of alkyl halides is 2. The highest BCUT2D eigenvalue weighted by molar-refractivity contribution is 6.01. The summed E-state index contributed by atoms with van der Waals surface area (Å²) in [5.41, 5.74) is 2.59. The SMILES string of the molecule is O=C(NN=Cc1ccccc1OC(F)F)c1cc2ccccc2cc1O. The second-order valence-electron chi connectivity index (χ2n) is 5.33. The Labute approximate surface area is 147 Å². The average Bonchev–Trinajstić information content (AvgIpc) is 2.62. The van der Waals surface area contributed by atoms with Crippen molar-refractivity contribution in [2.75, 3.05) is 0 Å². The number of benzene rings is 3. The summed E-state index contributed by atoms with van der Waals surface area (Å²) in [5.74, 6) is -0.872. The molecule has 26 heavy (non-hydrogen) atoms. The van der Waals surface area contributed by atoms with Crippen molar-refractivity contribution >= 4 is 22.9 Å². The number of carbonyl (C=O) groups excluding carboxylic acids is 1. The summed E-state index contributed by atoms with van der Waals surface area (Å²) in [7, 11) is 0. The minimum absolute atomic E-state index is 0.0537. The van der Waals surface area contributed by atoms with Crippen LogP contribution in [0.15, 0.2) is 65.8 Å². The first-order valence-electron chi connectivity index (χ1n) is 7.63. The van der Waals surface area contributed by atoms with E-state index in [0.29, 0.717) is 0 Å². The monoisotopic (exact) mass is 356 g/mol. The van der Waals surface area contributed by atoms with E-state index in [-0.39, 0.29) is 22.6 Å². The molecule has 3 rings (SSSR count). The van der Waals surface area contributed by atoms with E-state index >= 15 is 0 Å². The molecule has 2 N–H and O–H groups in total. The first-order valence-corrected chi connectivity index (χ1v) is 7.63. The van der Waals surface area contributed by atoms with E-state index in [1.807, 2.05) is 24.3 Å². The Morgan fingerprint density at radius 3 is 2.46 bits per heavy atom. The summed E-state index contributed by atoms with van der Waals surface area (Å²) in [6, 6.07) is 16.3. The molecule has 5 nitrogen and oxygen atoms in total. The van der Waals surface area contributed by atoms with Gasteiger partial charge in [0.1, 0.15) is 11.5 Å². The standard InChI is InChI=1S/C19H14F2N2O3/c20-19(21)26-17-8-4-3-7-14(17)11-22-23-18(25)15-9-12-5-1-2-6-13(12)10-16(15)24/h1-11,19,24H,(H,23,25). The third kappa shape index (κ3) is 3.94. The molecular formula is C19H14F2N2O3. The molecule has 0 fully saturated rings. The molecule has 0 aromatic heterocycles. The smallest absolute Gasteiger partial charge is 0.387 e. The lowest BCUT2D eigenvalue weighted by Crippen LogP contribution is -2.18. The summed E-state index contributed by atoms with van der Waals surface area (Å²) in [6.07, 6.45) is 1.19. The average molecular weight is 356 g/mol. The number of hydrogen-bond acceptors (Lipinski definition) is 4. The number of para-hydroxylation sites is 1. The van der Waals surface area contributed by atoms with Crippen molar-refractivity contribution < 1.29 is 23.4 Å². The van der Waals surface area contributed by atoms with Crippen LogP contribution in [0.5, 0.6) is 11.5 Å². The highest BCUT2D eigenvalue weighted by Crippen LogP contribution is 2.25. The fourth-order valence-electron chi connectivity index (χ4n) is 2.42. The summed E-state index contributed by atoms with van der Waals surface area (Å²) in [4.78, 5) is 12.2. The van der Waals surface area contributed by atoms with Crippen LogP contribution < -0.4 is 10.2 Å². The number of halogens is 2. The summed E-state index contributed by atoms with van der Waals surface area (Å²) in [6.45, 7) is -2.96. The molecule has 0 unspecified atom stereocenters. The number of fused-ring (bicyclic) bond motifs is 1. The van der Waals surface area contributed by atoms with Gasteiger partial charge in [-0.2, -0.15) is 13.9 Å². The quantitative estimate of drug-likeness (QED) is 0.538. The normalized spacial score (nSPS) is 11.2. The lowest BCUT2D eigenvalue weighted by atomic mass is 10.1. The summed E-state index contributed by atoms with van der Waals surface area (Å²) in [5, 5.41) is 15.4. The summed E-state index contributed by atoms with van der Waals surface area (Å²) < 4.78 is 29.1. The van der Waals surface area contributed by atoms with E-state index in [9.17, 15) is 18.7 Å². The van der Waals surface area contributed by atoms with E-state index < -0.39 is 12.5 Å². The van der Waals surface area contributed by atoms with Gasteiger partial charge in [-0.25, -0.2) is 5.43 Å². The van der Waals surface area contributed by atoms with Gasteiger partial charge in [-0.1, -0.05) is 36.4 Å². The van der Waals surface area contributed by atoms with Crippen LogP contribution >= 0.6 is 0 Å². The van der Waals surface area contributed by atoms with Crippen LogP contribution in [0.4, 0.5) is 8.78 Å². The fourth-order valence-corrected chi connectivity index (χ4v) is 2.42. The van der Waals surface area contributed by atoms with Crippen molar-refractivity contribution in [3.8, 4) is 11.5 Å². The predicted molar refractivity (Wildman–Crippen MR) is 93.7 cm³/mol. The van der Waals surface area contributed by atoms with Crippen molar-refractivity contribution in [3.63, 3.8) is 0 Å². The number of nitrogens with zero attached hydrogens (tertiary/aromatic N) is 1. The van der Waals surface area contributed by atoms with Crippen LogP contribution in [0, 0.1) is 0 Å². The highest BCUT2D eigenvalue weighted by atomic mass is 19.3. The van der Waals surface area contributed by atoms with Gasteiger partial charge in [0.15, 0.2) is 0 Å². The van der Waals surface area contributed by atoms with Crippen LogP contribution in [0.1, 0.15) is 15.9 Å². The third-order valence-corrected chi connectivity index (χ3v) is 3.61. The second-order valence-corrected chi connectivity index (χ2v) is 5.33. The van der Waals surface area contributed by atoms with E-state index in [4.69, 9.17) is 0 Å². The van der Waals surface area contributed by atoms with Crippen LogP contribution in [0.25, 0.3) is 10.8 Å². The number of nitrogens with one attached hydrogen (secondary N) is 1. The Balaban J connectivity index is 1.77. The molecule has 3 aromatic carbocycles. The van der Waals surface area contributed by atoms with Crippen molar-refractivity contribution in [2.45, 2.75) is 6.61 Å². The molecule has 132 valence electrons. The van der Waals surface area contributed by atoms with Gasteiger partial charge in [-0.15, -0.1) is 0 Å². The molecule has 0 saturated heterocycles. The first-order chi connectivity index (χ1) is 12.5. The molecule has 0 bridgehead atoms. The van der Waals surface area contributed by atoms with Gasteiger partial charge in [-0.3, -0.25) is 4.79 Å². The molecule has 3 aromatic rings. The Morgan fingerprint density at radius 1 is 1.08 bits per heavy atom. The largest absolute Gasteiger partial charge is 0.507 e. The Bertz CT molecular complexity index is 974. The zero-order chi connectivity index (χ0) is 18.5. The lowest BCUT2D eigenvalue weighted by Gasteiger charge is -2.07. The van der Waals surface area contributed by atoms with Crippen molar-refractivity contribution in [1.82, 2.24) is 5.43 Å². The lowest BCUT2D eigenvalue weighted by molar-refractivity contribution is -0.0499. The number of aromatic hydroxyl groups is 1. The van der Waals surface area contributed by atoms with Crippen molar-refractivity contribution in [1.29, 1.82) is 0 Å². The minimum Gasteiger partial charge on any atom is -0.507 e. The predicted octanol–water partition coefficient (Wildman–Crippen LogP) is 3.91. The molecule has 0 aliphatic rings. The van der Waals surface area contributed by atoms with Gasteiger partial charge in [0.05, 0.1) is 11.8 Å². The van der Waals surface area contributed by atoms with E-state index in [0.717, 1.165) is 10.8 Å². The Kier molecular flexibility index (Phi) is 5.07. The fraction of sp³-hybridized carbons (Fsp3) is 0.0526. The molecule has 0 aliphatic carbocycles. The Hall–Kier alpha value is -3.48. The number of ether oxygens (including phenoxy) is 1. The van der Waals surface area contributed by atoms with Crippen LogP contribution in [0.2, 0.25) is 0 Å². The zero-order valence-corrected chi connectivity index (χ0v) is 13.4. The van der Waals surface area contributed by atoms with E-state index in [1.165, 1.54) is 24.4 Å². The number of phenols is 1. The van der Waals surface area contributed by atoms with Gasteiger partial charge >= 0.3 is 6.61 Å². The zero-order valence-electron chi connectivity index (χ0n) is 13.4. The molecule has 0 radical (unpaired) electrons. The number of amides is 1. The van der Waals surface area contributed by atoms with Gasteiger partial charge in [0.2, 0.25) is 0 Å². The summed E-state index contributed by atoms with van der Waals surface area (Å²) >= 11 is 0. The molecule has 0 saturated carbocycles. The van der Waals surface area contributed by atoms with Gasteiger partial charge in [-0.05, 0) is 35.0 Å². The molecular weight excluding hydrogens is 342 g/mol. The molecule has 1 amide bonds. The highest BCUT2D eigenvalue weighted by Gasteiger charge is 2.12.